The first kappa shape index (κ1) is 48.0. The fourth-order valence-corrected chi connectivity index (χ4v) is 5.53. The molecule has 1 atom stereocenters. The van der Waals surface area contributed by atoms with Gasteiger partial charge in [-0.1, -0.05) is 155 Å². The van der Waals surface area contributed by atoms with Gasteiger partial charge in [0, 0.05) is 12.8 Å². The van der Waals surface area contributed by atoms with Crippen LogP contribution in [0.5, 0.6) is 0 Å². The van der Waals surface area contributed by atoms with Crippen LogP contribution in [0.2, 0.25) is 0 Å². The zero-order valence-corrected chi connectivity index (χ0v) is 32.8. The van der Waals surface area contributed by atoms with Crippen molar-refractivity contribution in [3.63, 3.8) is 0 Å². The van der Waals surface area contributed by atoms with Gasteiger partial charge in [-0.25, -0.2) is 4.79 Å². The van der Waals surface area contributed by atoms with E-state index < -0.39 is 29.8 Å². The van der Waals surface area contributed by atoms with Crippen molar-refractivity contribution in [2.75, 3.05) is 13.2 Å². The van der Waals surface area contributed by atoms with Gasteiger partial charge in [0.25, 0.3) is 0 Å². The minimum Gasteiger partial charge on any atom is -0.862 e. The molecule has 0 saturated carbocycles. The van der Waals surface area contributed by atoms with E-state index in [4.69, 9.17) is 14.6 Å². The zero-order chi connectivity index (χ0) is 33.9. The van der Waals surface area contributed by atoms with E-state index in [1.54, 1.807) is 0 Å². The number of ether oxygens (including phenoxy) is 2. The maximum atomic E-state index is 12.7. The number of aliphatic imine (C=N–C) groups is 1. The third kappa shape index (κ3) is 36.0. The summed E-state index contributed by atoms with van der Waals surface area (Å²) in [6.45, 7) is 5.10. The number of hydrogen-bond acceptors (Lipinski definition) is 7. The molecule has 0 aliphatic rings. The minimum absolute atomic E-state index is 0. The van der Waals surface area contributed by atoms with E-state index in [9.17, 15) is 19.5 Å². The van der Waals surface area contributed by atoms with Crippen LogP contribution >= 0.6 is 0 Å². The monoisotopic (exact) mass is 676 g/mol. The average molecular weight is 676 g/mol. The van der Waals surface area contributed by atoms with Crippen LogP contribution < -0.4 is 34.7 Å². The first-order valence-electron chi connectivity index (χ1n) is 19.2. The summed E-state index contributed by atoms with van der Waals surface area (Å²) < 4.78 is 10.8. The largest absolute Gasteiger partial charge is 1.00 e. The quantitative estimate of drug-likeness (QED) is 0.0262. The minimum atomic E-state index is -1.08. The number of carbonyl (C=O) groups is 3. The maximum Gasteiger partial charge on any atom is 1.00 e. The molecule has 8 nitrogen and oxygen atoms in total. The summed E-state index contributed by atoms with van der Waals surface area (Å²) in [6.07, 6.45) is 29.3. The van der Waals surface area contributed by atoms with E-state index >= 15 is 0 Å². The maximum absolute atomic E-state index is 12.7. The Hall–Kier alpha value is -1.12. The Labute approximate surface area is 310 Å². The Morgan fingerprint density at radius 3 is 1.34 bits per heavy atom. The van der Waals surface area contributed by atoms with Crippen LogP contribution in [0, 0.1) is 0 Å². The molecule has 1 N–H and O–H groups in total. The first-order chi connectivity index (χ1) is 22.4. The summed E-state index contributed by atoms with van der Waals surface area (Å²) in [5.41, 5.74) is 0. The van der Waals surface area contributed by atoms with Crippen molar-refractivity contribution in [1.82, 2.24) is 0 Å². The summed E-state index contributed by atoms with van der Waals surface area (Å²) in [6, 6.07) is -1.08. The van der Waals surface area contributed by atoms with E-state index in [0.717, 1.165) is 38.5 Å². The van der Waals surface area contributed by atoms with E-state index in [1.807, 2.05) is 0 Å². The van der Waals surface area contributed by atoms with Gasteiger partial charge >= 0.3 is 47.5 Å². The van der Waals surface area contributed by atoms with E-state index in [2.05, 4.69) is 18.8 Å². The molecule has 270 valence electrons. The Balaban J connectivity index is 0. The zero-order valence-electron chi connectivity index (χ0n) is 30.8. The number of hydrogen-bond donors (Lipinski definition) is 1. The van der Waals surface area contributed by atoms with E-state index in [0.29, 0.717) is 6.61 Å². The fourth-order valence-electron chi connectivity index (χ4n) is 5.53. The second-order valence-corrected chi connectivity index (χ2v) is 13.0. The number of unbranched alkanes of at least 4 members (excludes halogenated alkanes) is 22. The summed E-state index contributed by atoms with van der Waals surface area (Å²) in [7, 11) is 0. The van der Waals surface area contributed by atoms with Crippen LogP contribution in [0.1, 0.15) is 200 Å². The normalized spacial score (nSPS) is 12.0. The number of carboxylic acids is 1. The van der Waals surface area contributed by atoms with E-state index in [-0.39, 0.29) is 68.3 Å². The number of esters is 2. The van der Waals surface area contributed by atoms with Crippen molar-refractivity contribution in [3.8, 4) is 0 Å². The third-order valence-electron chi connectivity index (χ3n) is 8.48. The van der Waals surface area contributed by atoms with Gasteiger partial charge in [0.05, 0.1) is 13.2 Å². The Bertz CT molecular complexity index is 762. The molecule has 47 heavy (non-hydrogen) atoms. The molecule has 0 aliphatic carbocycles. The molecule has 0 aliphatic heterocycles. The Morgan fingerprint density at radius 1 is 0.553 bits per heavy atom. The van der Waals surface area contributed by atoms with Crippen LogP contribution in [0.15, 0.2) is 4.99 Å². The van der Waals surface area contributed by atoms with Gasteiger partial charge in [0.15, 0.2) is 0 Å². The Morgan fingerprint density at radius 2 is 0.936 bits per heavy atom. The molecule has 0 aromatic rings. The molecule has 0 spiro atoms. The van der Waals surface area contributed by atoms with Gasteiger partial charge in [-0.2, -0.15) is 0 Å². The summed E-state index contributed by atoms with van der Waals surface area (Å²) in [4.78, 5) is 39.8. The second-order valence-electron chi connectivity index (χ2n) is 13.0. The SMILES string of the molecule is CCCCCCCCCCCCCCOC(=O)CC[C@@H](N=C([O-])CCCC(=O)O)C(=O)OCCCCCCCCCCCCCC.[Na+]. The average Bonchev–Trinajstić information content (AvgIpc) is 3.03. The number of aliphatic carboxylic acids is 1. The van der Waals surface area contributed by atoms with Gasteiger partial charge < -0.3 is 19.7 Å². The molecule has 0 aromatic carbocycles. The summed E-state index contributed by atoms with van der Waals surface area (Å²) in [5, 5.41) is 21.1. The van der Waals surface area contributed by atoms with E-state index in [1.165, 1.54) is 116 Å². The smallest absolute Gasteiger partial charge is 0.862 e. The van der Waals surface area contributed by atoms with Crippen molar-refractivity contribution >= 4 is 23.8 Å². The van der Waals surface area contributed by atoms with Gasteiger partial charge in [0.1, 0.15) is 6.04 Å². The molecule has 0 radical (unpaired) electrons. The van der Waals surface area contributed by atoms with Crippen molar-refractivity contribution in [2.45, 2.75) is 206 Å². The van der Waals surface area contributed by atoms with Crippen molar-refractivity contribution in [3.05, 3.63) is 0 Å². The first-order valence-corrected chi connectivity index (χ1v) is 19.2. The van der Waals surface area contributed by atoms with Crippen LogP contribution in [-0.4, -0.2) is 48.2 Å². The number of rotatable bonds is 35. The predicted octanol–water partition coefficient (Wildman–Crippen LogP) is 6.64. The van der Waals surface area contributed by atoms with Gasteiger partial charge in [-0.3, -0.25) is 14.6 Å². The number of nitrogens with zero attached hydrogens (tertiary/aromatic N) is 1. The molecular weight excluding hydrogens is 605 g/mol. The molecule has 0 heterocycles. The van der Waals surface area contributed by atoms with Crippen LogP contribution in [0.25, 0.3) is 0 Å². The molecule has 0 amide bonds. The fraction of sp³-hybridized carbons (Fsp3) is 0.895. The Kier molecular flexibility index (Phi) is 38.5. The molecule has 0 aromatic heterocycles. The second kappa shape index (κ2) is 37.7. The number of carboxylic acid groups (broad SMARTS) is 1. The van der Waals surface area contributed by atoms with Crippen molar-refractivity contribution < 1.29 is 63.6 Å². The molecule has 0 bridgehead atoms. The van der Waals surface area contributed by atoms with Crippen molar-refractivity contribution in [1.29, 1.82) is 0 Å². The molecule has 0 saturated heterocycles. The standard InChI is InChI=1S/C38H71NO7.Na/c1-3-5-7-9-11-13-15-17-19-21-23-25-32-45-37(43)31-30-34(39-35(40)28-27-29-36(41)42)38(44)46-33-26-24-22-20-18-16-14-12-10-8-6-4-2;/h34H,3-33H2,1-2H3,(H,39,40)(H,41,42);/q;+1/p-1/t34-;/m1./s1. The van der Waals surface area contributed by atoms with Crippen LogP contribution in [-0.2, 0) is 23.9 Å². The van der Waals surface area contributed by atoms with Gasteiger partial charge in [-0.15, -0.1) is 0 Å². The molecule has 0 fully saturated rings. The van der Waals surface area contributed by atoms with Crippen LogP contribution in [0.3, 0.4) is 0 Å². The summed E-state index contributed by atoms with van der Waals surface area (Å²) >= 11 is 0. The molecule has 0 unspecified atom stereocenters. The topological polar surface area (TPSA) is 125 Å². The molecule has 9 heteroatoms. The predicted molar refractivity (Wildman–Crippen MR) is 186 cm³/mol. The molecule has 0 rings (SSSR count). The molecular formula is C38H70NNaO7. The van der Waals surface area contributed by atoms with Gasteiger partial charge in [-0.05, 0) is 38.0 Å². The number of carbonyl (C=O) groups excluding carboxylic acids is 2. The summed E-state index contributed by atoms with van der Waals surface area (Å²) in [5.74, 6) is -2.54. The van der Waals surface area contributed by atoms with Crippen LogP contribution in [0.4, 0.5) is 0 Å². The third-order valence-corrected chi connectivity index (χ3v) is 8.48. The van der Waals surface area contributed by atoms with Gasteiger partial charge in [0.2, 0.25) is 0 Å². The van der Waals surface area contributed by atoms with Crippen molar-refractivity contribution in [2.24, 2.45) is 4.99 Å².